The third-order valence-corrected chi connectivity index (χ3v) is 5.13. The van der Waals surface area contributed by atoms with Crippen molar-refractivity contribution in [1.29, 1.82) is 0 Å². The van der Waals surface area contributed by atoms with Crippen molar-refractivity contribution in [3.05, 3.63) is 59.7 Å². The molecule has 6 nitrogen and oxygen atoms in total. The number of nitrogens with zero attached hydrogens (tertiary/aromatic N) is 3. The van der Waals surface area contributed by atoms with Gasteiger partial charge in [-0.1, -0.05) is 53.7 Å². The first-order valence-corrected chi connectivity index (χ1v) is 9.55. The quantitative estimate of drug-likeness (QED) is 0.636. The highest BCUT2D eigenvalue weighted by Crippen LogP contribution is 2.23. The molecule has 0 fully saturated rings. The molecule has 7 heteroatoms. The van der Waals surface area contributed by atoms with E-state index in [2.05, 4.69) is 21.6 Å². The van der Waals surface area contributed by atoms with E-state index in [1.807, 2.05) is 61.0 Å². The van der Waals surface area contributed by atoms with Gasteiger partial charge in [0.1, 0.15) is 5.75 Å². The molecule has 0 unspecified atom stereocenters. The first-order chi connectivity index (χ1) is 13.1. The second kappa shape index (κ2) is 8.73. The minimum Gasteiger partial charge on any atom is -0.496 e. The Morgan fingerprint density at radius 3 is 2.78 bits per heavy atom. The van der Waals surface area contributed by atoms with Gasteiger partial charge in [-0.15, -0.1) is 10.2 Å². The summed E-state index contributed by atoms with van der Waals surface area (Å²) in [5.74, 6) is 1.76. The predicted molar refractivity (Wildman–Crippen MR) is 107 cm³/mol. The summed E-state index contributed by atoms with van der Waals surface area (Å²) in [4.78, 5) is 12.2. The summed E-state index contributed by atoms with van der Waals surface area (Å²) in [7, 11) is 3.53. The van der Waals surface area contributed by atoms with Crippen LogP contribution in [0, 0.1) is 6.92 Å². The minimum absolute atomic E-state index is 0.0639. The van der Waals surface area contributed by atoms with Crippen LogP contribution in [0.2, 0.25) is 0 Å². The lowest BCUT2D eigenvalue weighted by Crippen LogP contribution is -2.25. The lowest BCUT2D eigenvalue weighted by molar-refractivity contribution is -0.118. The molecular weight excluding hydrogens is 360 g/mol. The van der Waals surface area contributed by atoms with Gasteiger partial charge < -0.3 is 14.6 Å². The zero-order valence-corrected chi connectivity index (χ0v) is 16.4. The van der Waals surface area contributed by atoms with Gasteiger partial charge in [0.15, 0.2) is 11.0 Å². The van der Waals surface area contributed by atoms with E-state index in [4.69, 9.17) is 4.74 Å². The molecule has 0 aliphatic heterocycles. The van der Waals surface area contributed by atoms with Crippen molar-refractivity contribution in [3.8, 4) is 17.1 Å². The fraction of sp³-hybridized carbons (Fsp3) is 0.250. The maximum atomic E-state index is 12.2. The highest BCUT2D eigenvalue weighted by molar-refractivity contribution is 7.99. The van der Waals surface area contributed by atoms with Crippen LogP contribution < -0.4 is 10.1 Å². The number of thioether (sulfide) groups is 1. The fourth-order valence-corrected chi connectivity index (χ4v) is 3.44. The number of hydrogen-bond donors (Lipinski definition) is 1. The molecule has 3 rings (SSSR count). The molecule has 1 amide bonds. The summed E-state index contributed by atoms with van der Waals surface area (Å²) in [6.45, 7) is 2.47. The monoisotopic (exact) mass is 382 g/mol. The number of methoxy groups -OCH3 is 1. The molecule has 27 heavy (non-hydrogen) atoms. The maximum absolute atomic E-state index is 12.2. The van der Waals surface area contributed by atoms with Crippen LogP contribution in [0.3, 0.4) is 0 Å². The Labute approximate surface area is 163 Å². The molecule has 0 radical (unpaired) electrons. The smallest absolute Gasteiger partial charge is 0.230 e. The van der Waals surface area contributed by atoms with Gasteiger partial charge in [-0.25, -0.2) is 0 Å². The van der Waals surface area contributed by atoms with Crippen molar-refractivity contribution in [2.75, 3.05) is 12.9 Å². The van der Waals surface area contributed by atoms with Crippen molar-refractivity contribution < 1.29 is 9.53 Å². The van der Waals surface area contributed by atoms with Crippen LogP contribution in [-0.4, -0.2) is 33.5 Å². The topological polar surface area (TPSA) is 69.0 Å². The van der Waals surface area contributed by atoms with Crippen LogP contribution in [-0.2, 0) is 18.4 Å². The van der Waals surface area contributed by atoms with Gasteiger partial charge in [-0.2, -0.15) is 0 Å². The second-order valence-corrected chi connectivity index (χ2v) is 7.05. The molecule has 2 aromatic carbocycles. The minimum atomic E-state index is -0.0639. The Morgan fingerprint density at radius 1 is 1.19 bits per heavy atom. The van der Waals surface area contributed by atoms with Crippen LogP contribution in [0.1, 0.15) is 11.1 Å². The van der Waals surface area contributed by atoms with Crippen molar-refractivity contribution in [2.24, 2.45) is 7.05 Å². The van der Waals surface area contributed by atoms with E-state index < -0.39 is 0 Å². The van der Waals surface area contributed by atoms with Gasteiger partial charge in [0.05, 0.1) is 12.9 Å². The van der Waals surface area contributed by atoms with E-state index >= 15 is 0 Å². The Morgan fingerprint density at radius 2 is 2.00 bits per heavy atom. The second-order valence-electron chi connectivity index (χ2n) is 6.11. The van der Waals surface area contributed by atoms with Crippen molar-refractivity contribution in [3.63, 3.8) is 0 Å². The van der Waals surface area contributed by atoms with Crippen LogP contribution in [0.5, 0.6) is 5.75 Å². The Balaban J connectivity index is 1.58. The lowest BCUT2D eigenvalue weighted by atomic mass is 10.1. The van der Waals surface area contributed by atoms with Crippen LogP contribution in [0.15, 0.2) is 53.7 Å². The van der Waals surface area contributed by atoms with Gasteiger partial charge in [-0.3, -0.25) is 4.79 Å². The van der Waals surface area contributed by atoms with Gasteiger partial charge in [-0.05, 0) is 19.1 Å². The number of aryl methyl sites for hydroxylation is 1. The molecule has 1 N–H and O–H groups in total. The van der Waals surface area contributed by atoms with E-state index in [1.54, 1.807) is 7.11 Å². The third-order valence-electron chi connectivity index (χ3n) is 4.11. The molecule has 3 aromatic rings. The Bertz CT molecular complexity index is 939. The summed E-state index contributed by atoms with van der Waals surface area (Å²) >= 11 is 1.37. The molecule has 0 saturated heterocycles. The van der Waals surface area contributed by atoms with Gasteiger partial charge in [0.2, 0.25) is 5.91 Å². The average Bonchev–Trinajstić information content (AvgIpc) is 3.05. The molecule has 0 bridgehead atoms. The first kappa shape index (κ1) is 19.0. The van der Waals surface area contributed by atoms with Crippen molar-refractivity contribution >= 4 is 17.7 Å². The predicted octanol–water partition coefficient (Wildman–Crippen LogP) is 3.21. The molecule has 1 heterocycles. The van der Waals surface area contributed by atoms with Crippen molar-refractivity contribution in [1.82, 2.24) is 20.1 Å². The summed E-state index contributed by atoms with van der Waals surface area (Å²) < 4.78 is 7.21. The first-order valence-electron chi connectivity index (χ1n) is 8.56. The van der Waals surface area contributed by atoms with Crippen LogP contribution in [0.25, 0.3) is 11.4 Å². The normalized spacial score (nSPS) is 10.6. The molecule has 1 aromatic heterocycles. The number of ether oxygens (including phenoxy) is 1. The van der Waals surface area contributed by atoms with Gasteiger partial charge in [0, 0.05) is 24.7 Å². The summed E-state index contributed by atoms with van der Waals surface area (Å²) in [5, 5.41) is 12.1. The largest absolute Gasteiger partial charge is 0.496 e. The summed E-state index contributed by atoms with van der Waals surface area (Å²) in [5.41, 5.74) is 3.12. The zero-order valence-electron chi connectivity index (χ0n) is 15.6. The lowest BCUT2D eigenvalue weighted by Gasteiger charge is -2.09. The van der Waals surface area contributed by atoms with E-state index in [9.17, 15) is 4.79 Å². The number of benzene rings is 2. The van der Waals surface area contributed by atoms with Gasteiger partial charge >= 0.3 is 0 Å². The molecule has 0 aliphatic carbocycles. The number of nitrogens with one attached hydrogen (secondary N) is 1. The SMILES string of the molecule is COc1ccccc1CNC(=O)CSc1nnc(-c2cccc(C)c2)n1C. The van der Waals surface area contributed by atoms with Crippen LogP contribution in [0.4, 0.5) is 0 Å². The van der Waals surface area contributed by atoms with Crippen molar-refractivity contribution in [2.45, 2.75) is 18.6 Å². The zero-order chi connectivity index (χ0) is 19.2. The highest BCUT2D eigenvalue weighted by atomic mass is 32.2. The number of carbonyl (C=O) groups is 1. The number of rotatable bonds is 7. The molecule has 0 aliphatic rings. The summed E-state index contributed by atoms with van der Waals surface area (Å²) in [6.07, 6.45) is 0. The fourth-order valence-electron chi connectivity index (χ4n) is 2.70. The molecular formula is C20H22N4O2S. The molecule has 0 spiro atoms. The Kier molecular flexibility index (Phi) is 6.13. The number of amides is 1. The average molecular weight is 382 g/mol. The number of aromatic nitrogens is 3. The van der Waals surface area contributed by atoms with Gasteiger partial charge in [0.25, 0.3) is 0 Å². The summed E-state index contributed by atoms with van der Waals surface area (Å²) in [6, 6.07) is 15.7. The van der Waals surface area contributed by atoms with E-state index in [0.717, 1.165) is 22.7 Å². The molecule has 0 atom stereocenters. The number of para-hydroxylation sites is 1. The van der Waals surface area contributed by atoms with E-state index in [1.165, 1.54) is 17.3 Å². The molecule has 0 saturated carbocycles. The number of hydrogen-bond acceptors (Lipinski definition) is 5. The van der Waals surface area contributed by atoms with Crippen LogP contribution >= 0.6 is 11.8 Å². The van der Waals surface area contributed by atoms with E-state index in [0.29, 0.717) is 11.7 Å². The number of carbonyl (C=O) groups excluding carboxylic acids is 1. The molecule has 140 valence electrons. The van der Waals surface area contributed by atoms with E-state index in [-0.39, 0.29) is 11.7 Å². The maximum Gasteiger partial charge on any atom is 0.230 e. The third kappa shape index (κ3) is 4.68. The Hall–Kier alpha value is -2.80. The highest BCUT2D eigenvalue weighted by Gasteiger charge is 2.13. The standard InChI is InChI=1S/C20H22N4O2S/c1-14-7-6-9-15(11-14)19-22-23-20(24(19)2)27-13-18(25)21-12-16-8-4-5-10-17(16)26-3/h4-11H,12-13H2,1-3H3,(H,21,25).